The molecule has 0 heterocycles. The summed E-state index contributed by atoms with van der Waals surface area (Å²) in [4.78, 5) is 10.3. The van der Waals surface area contributed by atoms with Gasteiger partial charge in [-0.3, -0.25) is 4.57 Å². The van der Waals surface area contributed by atoms with Crippen molar-refractivity contribution >= 4 is 7.60 Å². The van der Waals surface area contributed by atoms with Gasteiger partial charge in [0, 0.05) is 0 Å². The third kappa shape index (κ3) is 22.3. The lowest BCUT2D eigenvalue weighted by molar-refractivity contribution is -0.870. The SMILES string of the molecule is CCCCCCCCCCCC=CCCCCCCCCCOP(=O)(O)C(CC)C[N+](C)(C)C. The second-order valence-electron chi connectivity index (χ2n) is 11.3. The molecule has 2 atom stereocenters. The van der Waals surface area contributed by atoms with Gasteiger partial charge >= 0.3 is 7.60 Å². The van der Waals surface area contributed by atoms with Crippen LogP contribution in [0.3, 0.4) is 0 Å². The maximum atomic E-state index is 12.5. The minimum Gasteiger partial charge on any atom is -0.330 e. The molecule has 0 aliphatic heterocycles. The Labute approximate surface area is 214 Å². The van der Waals surface area contributed by atoms with E-state index in [-0.39, 0.29) is 5.66 Å². The summed E-state index contributed by atoms with van der Waals surface area (Å²) in [5.74, 6) is 0. The molecule has 0 aromatic rings. The molecule has 0 saturated carbocycles. The quantitative estimate of drug-likeness (QED) is 0.0585. The van der Waals surface area contributed by atoms with E-state index in [0.717, 1.165) is 12.8 Å². The number of hydrogen-bond acceptors (Lipinski definition) is 2. The highest BCUT2D eigenvalue weighted by Gasteiger charge is 2.35. The molecule has 0 aromatic heterocycles. The van der Waals surface area contributed by atoms with E-state index >= 15 is 0 Å². The summed E-state index contributed by atoms with van der Waals surface area (Å²) >= 11 is 0. The average molecular weight is 503 g/mol. The Bertz CT molecular complexity index is 516. The molecule has 0 saturated heterocycles. The van der Waals surface area contributed by atoms with E-state index in [1.165, 1.54) is 103 Å². The lowest BCUT2D eigenvalue weighted by Gasteiger charge is -2.30. The summed E-state index contributed by atoms with van der Waals surface area (Å²) in [6.07, 6.45) is 28.9. The molecule has 204 valence electrons. The van der Waals surface area contributed by atoms with Crippen molar-refractivity contribution in [2.75, 3.05) is 34.3 Å². The van der Waals surface area contributed by atoms with Gasteiger partial charge in [0.15, 0.2) is 0 Å². The van der Waals surface area contributed by atoms with E-state index in [2.05, 4.69) is 40.2 Å². The highest BCUT2D eigenvalue weighted by molar-refractivity contribution is 7.53. The molecule has 5 heteroatoms. The molecule has 0 aliphatic rings. The van der Waals surface area contributed by atoms with Crippen LogP contribution in [0, 0.1) is 0 Å². The van der Waals surface area contributed by atoms with Gasteiger partial charge in [0.05, 0.1) is 34.3 Å². The van der Waals surface area contributed by atoms with Gasteiger partial charge in [-0.1, -0.05) is 109 Å². The zero-order chi connectivity index (χ0) is 25.5. The highest BCUT2D eigenvalue weighted by Crippen LogP contribution is 2.49. The zero-order valence-electron chi connectivity index (χ0n) is 23.7. The van der Waals surface area contributed by atoms with Gasteiger partial charge in [-0.05, 0) is 38.5 Å². The Morgan fingerprint density at radius 1 is 0.706 bits per heavy atom. The fourth-order valence-corrected chi connectivity index (χ4v) is 6.21. The average Bonchev–Trinajstić information content (AvgIpc) is 2.77. The summed E-state index contributed by atoms with van der Waals surface area (Å²) in [5, 5.41) is 0. The van der Waals surface area contributed by atoms with Crippen LogP contribution in [0.15, 0.2) is 12.2 Å². The third-order valence-corrected chi connectivity index (χ3v) is 8.63. The summed E-state index contributed by atoms with van der Waals surface area (Å²) in [6.45, 7) is 5.33. The van der Waals surface area contributed by atoms with Crippen LogP contribution in [-0.4, -0.2) is 49.3 Å². The Morgan fingerprint density at radius 2 is 1.12 bits per heavy atom. The van der Waals surface area contributed by atoms with Gasteiger partial charge in [0.1, 0.15) is 5.66 Å². The van der Waals surface area contributed by atoms with Crippen molar-refractivity contribution in [2.24, 2.45) is 0 Å². The zero-order valence-corrected chi connectivity index (χ0v) is 24.6. The molecule has 34 heavy (non-hydrogen) atoms. The third-order valence-electron chi connectivity index (χ3n) is 6.62. The first-order valence-electron chi connectivity index (χ1n) is 14.7. The van der Waals surface area contributed by atoms with E-state index in [9.17, 15) is 9.46 Å². The molecule has 0 fully saturated rings. The van der Waals surface area contributed by atoms with Crippen LogP contribution in [0.2, 0.25) is 0 Å². The minimum atomic E-state index is -3.52. The molecule has 0 amide bonds. The Kier molecular flexibility index (Phi) is 22.0. The lowest BCUT2D eigenvalue weighted by atomic mass is 10.1. The van der Waals surface area contributed by atoms with Gasteiger partial charge in [-0.25, -0.2) is 0 Å². The monoisotopic (exact) mass is 502 g/mol. The topological polar surface area (TPSA) is 46.5 Å². The first-order chi connectivity index (χ1) is 16.2. The van der Waals surface area contributed by atoms with E-state index in [1.54, 1.807) is 0 Å². The van der Waals surface area contributed by atoms with Crippen molar-refractivity contribution in [1.29, 1.82) is 0 Å². The molecular formula is C29H61NO3P+. The van der Waals surface area contributed by atoms with E-state index in [4.69, 9.17) is 4.52 Å². The maximum Gasteiger partial charge on any atom is 0.336 e. The fraction of sp³-hybridized carbons (Fsp3) is 0.931. The van der Waals surface area contributed by atoms with Gasteiger partial charge in [-0.15, -0.1) is 0 Å². The number of quaternary nitrogens is 1. The first kappa shape index (κ1) is 33.8. The molecule has 0 aromatic carbocycles. The van der Waals surface area contributed by atoms with Gasteiger partial charge < -0.3 is 13.9 Å². The van der Waals surface area contributed by atoms with E-state index in [0.29, 0.717) is 24.1 Å². The second kappa shape index (κ2) is 22.1. The summed E-state index contributed by atoms with van der Waals surface area (Å²) < 4.78 is 18.7. The highest BCUT2D eigenvalue weighted by atomic mass is 31.2. The van der Waals surface area contributed by atoms with Crippen molar-refractivity contribution in [1.82, 2.24) is 0 Å². The van der Waals surface area contributed by atoms with Crippen molar-refractivity contribution in [3.8, 4) is 0 Å². The van der Waals surface area contributed by atoms with Crippen LogP contribution in [0.5, 0.6) is 0 Å². The maximum absolute atomic E-state index is 12.5. The van der Waals surface area contributed by atoms with Crippen LogP contribution in [0.25, 0.3) is 0 Å². The molecular weight excluding hydrogens is 441 g/mol. The fourth-order valence-electron chi connectivity index (χ4n) is 4.45. The molecule has 0 aliphatic carbocycles. The molecule has 0 spiro atoms. The number of allylic oxidation sites excluding steroid dienone is 2. The minimum absolute atomic E-state index is 0.272. The van der Waals surface area contributed by atoms with Gasteiger partial charge in [0.25, 0.3) is 0 Å². The molecule has 0 bridgehead atoms. The van der Waals surface area contributed by atoms with Crippen molar-refractivity contribution < 1.29 is 18.5 Å². The molecule has 4 nitrogen and oxygen atoms in total. The van der Waals surface area contributed by atoms with Crippen molar-refractivity contribution in [3.05, 3.63) is 12.2 Å². The van der Waals surface area contributed by atoms with Crippen LogP contribution in [-0.2, 0) is 9.09 Å². The summed E-state index contributed by atoms with van der Waals surface area (Å²) in [5.41, 5.74) is -0.272. The van der Waals surface area contributed by atoms with Crippen LogP contribution in [0.4, 0.5) is 0 Å². The Balaban J connectivity index is 3.47. The number of hydrogen-bond donors (Lipinski definition) is 1. The Morgan fingerprint density at radius 3 is 1.53 bits per heavy atom. The first-order valence-corrected chi connectivity index (χ1v) is 16.3. The second-order valence-corrected chi connectivity index (χ2v) is 13.4. The van der Waals surface area contributed by atoms with Crippen LogP contribution in [0.1, 0.15) is 136 Å². The molecule has 1 N–H and O–H groups in total. The van der Waals surface area contributed by atoms with Crippen LogP contribution < -0.4 is 0 Å². The number of rotatable bonds is 25. The largest absolute Gasteiger partial charge is 0.336 e. The van der Waals surface area contributed by atoms with Crippen molar-refractivity contribution in [3.63, 3.8) is 0 Å². The molecule has 0 radical (unpaired) electrons. The number of unbranched alkanes of at least 4 members (excludes halogenated alkanes) is 16. The smallest absolute Gasteiger partial charge is 0.330 e. The standard InChI is InChI=1S/C29H60NO3P/c1-6-8-9-10-11-12-13-14-15-16-17-18-19-20-21-22-23-24-25-26-27-33-34(31,32)29(7-2)28-30(3,4)5/h17-18,29H,6-16,19-28H2,1-5H3/p+1. The Hall–Kier alpha value is -0.150. The predicted octanol–water partition coefficient (Wildman–Crippen LogP) is 9.27. The van der Waals surface area contributed by atoms with Gasteiger partial charge in [0.2, 0.25) is 0 Å². The normalized spacial score (nSPS) is 15.1. The summed E-state index contributed by atoms with van der Waals surface area (Å²) in [6, 6.07) is 0. The predicted molar refractivity (Wildman–Crippen MR) is 151 cm³/mol. The lowest BCUT2D eigenvalue weighted by Crippen LogP contribution is -2.41. The molecule has 2 unspecified atom stereocenters. The molecule has 0 rings (SSSR count). The number of nitrogens with zero attached hydrogens (tertiary/aromatic N) is 1. The van der Waals surface area contributed by atoms with Crippen LogP contribution >= 0.6 is 7.60 Å². The van der Waals surface area contributed by atoms with Crippen molar-refractivity contribution in [2.45, 2.75) is 142 Å². The summed E-state index contributed by atoms with van der Waals surface area (Å²) in [7, 11) is 2.64. The van der Waals surface area contributed by atoms with E-state index < -0.39 is 7.60 Å². The van der Waals surface area contributed by atoms with E-state index in [1.807, 2.05) is 6.92 Å². The van der Waals surface area contributed by atoms with Gasteiger partial charge in [-0.2, -0.15) is 0 Å².